The van der Waals surface area contributed by atoms with Crippen LogP contribution in [0.3, 0.4) is 0 Å². The number of benzene rings is 7. The monoisotopic (exact) mass is 626 g/mol. The van der Waals surface area contributed by atoms with Crippen LogP contribution in [0.25, 0.3) is 43.4 Å². The van der Waals surface area contributed by atoms with Gasteiger partial charge in [-0.3, -0.25) is 0 Å². The highest BCUT2D eigenvalue weighted by molar-refractivity contribution is 6.22. The summed E-state index contributed by atoms with van der Waals surface area (Å²) in [5.41, 5.74) is 5.75. The fourth-order valence-electron chi connectivity index (χ4n) is 5.13. The Bertz CT molecular complexity index is 1510. The van der Waals surface area contributed by atoms with E-state index in [2.05, 4.69) is 109 Å². The SMILES string of the molecule is CC.CC.CC.CC.CC.CC.c1cc2ccc3cccc4ccc(c1)c2c34.c1ccc2c(c1)Cc1ccccc1-2.c1ccccc1. The topological polar surface area (TPSA) is 0 Å². The van der Waals surface area contributed by atoms with Crippen LogP contribution >= 0.6 is 0 Å². The maximum absolute atomic E-state index is 2.22. The largest absolute Gasteiger partial charge is 0.0683 e. The lowest BCUT2D eigenvalue weighted by Gasteiger charge is -2.09. The molecule has 0 amide bonds. The van der Waals surface area contributed by atoms with Crippen molar-refractivity contribution in [3.05, 3.63) is 157 Å². The third kappa shape index (κ3) is 12.0. The van der Waals surface area contributed by atoms with E-state index < -0.39 is 0 Å². The van der Waals surface area contributed by atoms with Gasteiger partial charge in [-0.1, -0.05) is 229 Å². The van der Waals surface area contributed by atoms with Gasteiger partial charge in [0, 0.05) is 0 Å². The summed E-state index contributed by atoms with van der Waals surface area (Å²) in [4.78, 5) is 0. The van der Waals surface area contributed by atoms with E-state index in [9.17, 15) is 0 Å². The third-order valence-corrected chi connectivity index (χ3v) is 6.77. The van der Waals surface area contributed by atoms with Crippen molar-refractivity contribution in [2.75, 3.05) is 0 Å². The molecule has 47 heavy (non-hydrogen) atoms. The van der Waals surface area contributed by atoms with Crippen molar-refractivity contribution < 1.29 is 0 Å². The van der Waals surface area contributed by atoms with Gasteiger partial charge in [-0.05, 0) is 61.0 Å². The number of fused-ring (bicyclic) bond motifs is 3. The van der Waals surface area contributed by atoms with Crippen LogP contribution in [0.5, 0.6) is 0 Å². The molecule has 0 unspecified atom stereocenters. The fourth-order valence-corrected chi connectivity index (χ4v) is 5.13. The van der Waals surface area contributed by atoms with Gasteiger partial charge >= 0.3 is 0 Å². The summed E-state index contributed by atoms with van der Waals surface area (Å²) in [6.07, 6.45) is 1.10. The minimum atomic E-state index is 1.10. The van der Waals surface area contributed by atoms with Crippen molar-refractivity contribution in [3.8, 4) is 11.1 Å². The summed E-state index contributed by atoms with van der Waals surface area (Å²) < 4.78 is 0. The second-order valence-electron chi connectivity index (χ2n) is 8.94. The highest BCUT2D eigenvalue weighted by Gasteiger charge is 2.15. The molecule has 0 bridgehead atoms. The molecule has 0 saturated heterocycles. The van der Waals surface area contributed by atoms with Gasteiger partial charge in [0.05, 0.1) is 0 Å². The number of hydrogen-bond donors (Lipinski definition) is 0. The van der Waals surface area contributed by atoms with Crippen molar-refractivity contribution in [1.29, 1.82) is 0 Å². The fraction of sp³-hybridized carbons (Fsp3) is 0.277. The van der Waals surface area contributed by atoms with E-state index in [-0.39, 0.29) is 0 Å². The van der Waals surface area contributed by atoms with Crippen LogP contribution in [0, 0.1) is 0 Å². The summed E-state index contributed by atoms with van der Waals surface area (Å²) >= 11 is 0. The van der Waals surface area contributed by atoms with E-state index in [0.29, 0.717) is 0 Å². The molecule has 0 spiro atoms. The van der Waals surface area contributed by atoms with E-state index in [0.717, 1.165) is 6.42 Å². The molecule has 0 fully saturated rings. The number of hydrogen-bond acceptors (Lipinski definition) is 0. The minimum absolute atomic E-state index is 1.10. The summed E-state index contributed by atoms with van der Waals surface area (Å²) in [6, 6.07) is 51.2. The first kappa shape index (κ1) is 42.6. The molecule has 0 aliphatic heterocycles. The Hall–Kier alpha value is -4.42. The maximum atomic E-state index is 2.22. The highest BCUT2D eigenvalue weighted by Crippen LogP contribution is 2.36. The van der Waals surface area contributed by atoms with Gasteiger partial charge in [-0.25, -0.2) is 0 Å². The predicted octanol–water partition coefficient (Wildman–Crippen LogP) is 15.7. The standard InChI is InChI=1S/C16H10.C13H10.C6H6.6C2H6/c1-3-11-7-9-13-5-2-6-14-10-8-12(4-1)15(11)16(13)14;1-3-7-12-10(5-1)9-11-6-2-4-8-13(11)12;1-2-4-6-5-3-1;6*1-2/h1-10H;1-8H,9H2;1-6H;6*1-2H3. The molecule has 1 aliphatic carbocycles. The maximum Gasteiger partial charge on any atom is -0.00135 e. The van der Waals surface area contributed by atoms with E-state index in [1.807, 2.05) is 119 Å². The molecule has 0 atom stereocenters. The molecule has 7 aromatic rings. The zero-order valence-corrected chi connectivity index (χ0v) is 31.6. The molecule has 0 heterocycles. The summed E-state index contributed by atoms with van der Waals surface area (Å²) in [5, 5.41) is 8.14. The van der Waals surface area contributed by atoms with Crippen molar-refractivity contribution in [2.45, 2.75) is 89.5 Å². The Labute approximate surface area is 288 Å². The van der Waals surface area contributed by atoms with Gasteiger partial charge in [0.15, 0.2) is 0 Å². The highest BCUT2D eigenvalue weighted by atomic mass is 14.2. The Morgan fingerprint density at radius 1 is 0.255 bits per heavy atom. The van der Waals surface area contributed by atoms with E-state index in [4.69, 9.17) is 0 Å². The lowest BCUT2D eigenvalue weighted by molar-refractivity contribution is 1.26. The van der Waals surface area contributed by atoms with Crippen LogP contribution in [0.15, 0.2) is 146 Å². The average Bonchev–Trinajstić information content (AvgIpc) is 3.59. The molecule has 0 nitrogen and oxygen atoms in total. The zero-order chi connectivity index (χ0) is 35.5. The molecule has 0 N–H and O–H groups in total. The third-order valence-electron chi connectivity index (χ3n) is 6.77. The second-order valence-corrected chi connectivity index (χ2v) is 8.94. The summed E-state index contributed by atoms with van der Waals surface area (Å²) in [5.74, 6) is 0. The smallest absolute Gasteiger partial charge is 0.00135 e. The molecule has 0 heteroatoms. The first-order valence-electron chi connectivity index (χ1n) is 18.2. The second kappa shape index (κ2) is 26.8. The van der Waals surface area contributed by atoms with Gasteiger partial charge in [0.25, 0.3) is 0 Å². The Morgan fingerprint density at radius 3 is 0.787 bits per heavy atom. The van der Waals surface area contributed by atoms with Crippen molar-refractivity contribution >= 4 is 32.3 Å². The Kier molecular flexibility index (Phi) is 24.2. The first-order valence-corrected chi connectivity index (χ1v) is 18.2. The Morgan fingerprint density at radius 2 is 0.511 bits per heavy atom. The van der Waals surface area contributed by atoms with E-state index >= 15 is 0 Å². The van der Waals surface area contributed by atoms with Gasteiger partial charge in [0.2, 0.25) is 0 Å². The van der Waals surface area contributed by atoms with Crippen molar-refractivity contribution in [2.24, 2.45) is 0 Å². The van der Waals surface area contributed by atoms with Crippen molar-refractivity contribution in [3.63, 3.8) is 0 Å². The predicted molar refractivity (Wildman–Crippen MR) is 219 cm³/mol. The van der Waals surface area contributed by atoms with Crippen LogP contribution < -0.4 is 0 Å². The van der Waals surface area contributed by atoms with Gasteiger partial charge in [0.1, 0.15) is 0 Å². The van der Waals surface area contributed by atoms with Crippen LogP contribution in [0.1, 0.15) is 94.2 Å². The number of rotatable bonds is 0. The molecule has 7 aromatic carbocycles. The molecule has 8 rings (SSSR count). The van der Waals surface area contributed by atoms with Crippen LogP contribution in [-0.2, 0) is 6.42 Å². The minimum Gasteiger partial charge on any atom is -0.0683 e. The quantitative estimate of drug-likeness (QED) is 0.147. The molecule has 0 aromatic heterocycles. The molecule has 250 valence electrons. The van der Waals surface area contributed by atoms with E-state index in [1.54, 1.807) is 0 Å². The average molecular weight is 627 g/mol. The van der Waals surface area contributed by atoms with E-state index in [1.165, 1.54) is 54.6 Å². The Balaban J connectivity index is 0.000000614. The van der Waals surface area contributed by atoms with Crippen LogP contribution in [-0.4, -0.2) is 0 Å². The molecule has 0 radical (unpaired) electrons. The first-order chi connectivity index (χ1) is 23.4. The van der Waals surface area contributed by atoms with Crippen molar-refractivity contribution in [1.82, 2.24) is 0 Å². The zero-order valence-electron chi connectivity index (χ0n) is 31.6. The summed E-state index contributed by atoms with van der Waals surface area (Å²) in [6.45, 7) is 24.0. The van der Waals surface area contributed by atoms with Crippen LogP contribution in [0.4, 0.5) is 0 Å². The lowest BCUT2D eigenvalue weighted by atomic mass is 9.95. The summed E-state index contributed by atoms with van der Waals surface area (Å²) in [7, 11) is 0. The molecular weight excluding hydrogens is 565 g/mol. The normalized spacial score (nSPS) is 9.19. The van der Waals surface area contributed by atoms with Gasteiger partial charge < -0.3 is 0 Å². The van der Waals surface area contributed by atoms with Crippen LogP contribution in [0.2, 0.25) is 0 Å². The molecule has 1 aliphatic rings. The van der Waals surface area contributed by atoms with Gasteiger partial charge in [-0.2, -0.15) is 0 Å². The molecule has 0 saturated carbocycles. The molecular formula is C47H62. The lowest BCUT2D eigenvalue weighted by Crippen LogP contribution is -1.82. The van der Waals surface area contributed by atoms with Gasteiger partial charge in [-0.15, -0.1) is 0 Å².